The Labute approximate surface area is 112 Å². The van der Waals surface area contributed by atoms with Crippen molar-refractivity contribution in [2.24, 2.45) is 0 Å². The smallest absolute Gasteiger partial charge is 0.258 e. The van der Waals surface area contributed by atoms with Crippen molar-refractivity contribution < 1.29 is 4.79 Å². The summed E-state index contributed by atoms with van der Waals surface area (Å²) in [5.41, 5.74) is 14.9. The average Bonchev–Trinajstić information content (AvgIpc) is 2.37. The van der Waals surface area contributed by atoms with Gasteiger partial charge < -0.3 is 16.4 Å². The number of anilines is 3. The van der Waals surface area contributed by atoms with E-state index in [1.807, 2.05) is 31.2 Å². The molecule has 0 spiro atoms. The highest BCUT2D eigenvalue weighted by Gasteiger charge is 2.14. The topological polar surface area (TPSA) is 72.3 Å². The molecule has 0 aliphatic rings. The Kier molecular flexibility index (Phi) is 3.42. The summed E-state index contributed by atoms with van der Waals surface area (Å²) in [6.07, 6.45) is 0. The van der Waals surface area contributed by atoms with Crippen LogP contribution in [0.2, 0.25) is 0 Å². The van der Waals surface area contributed by atoms with Crippen LogP contribution in [0.4, 0.5) is 17.1 Å². The largest absolute Gasteiger partial charge is 0.399 e. The third-order valence-corrected chi connectivity index (χ3v) is 2.95. The highest BCUT2D eigenvalue weighted by Crippen LogP contribution is 2.19. The van der Waals surface area contributed by atoms with Gasteiger partial charge in [0.05, 0.1) is 0 Å². The van der Waals surface area contributed by atoms with Gasteiger partial charge in [0.2, 0.25) is 0 Å². The van der Waals surface area contributed by atoms with Crippen molar-refractivity contribution >= 4 is 23.0 Å². The van der Waals surface area contributed by atoms with E-state index >= 15 is 0 Å². The first-order chi connectivity index (χ1) is 8.97. The molecule has 0 bridgehead atoms. The summed E-state index contributed by atoms with van der Waals surface area (Å²) in [4.78, 5) is 13.9. The van der Waals surface area contributed by atoms with Crippen LogP contribution in [0.15, 0.2) is 42.5 Å². The number of aryl methyl sites for hydroxylation is 1. The quantitative estimate of drug-likeness (QED) is 0.809. The van der Waals surface area contributed by atoms with Crippen molar-refractivity contribution in [1.29, 1.82) is 0 Å². The molecule has 4 N–H and O–H groups in total. The summed E-state index contributed by atoms with van der Waals surface area (Å²) in [6.45, 7) is 2.00. The van der Waals surface area contributed by atoms with Crippen molar-refractivity contribution in [3.8, 4) is 0 Å². The first kappa shape index (κ1) is 13.0. The van der Waals surface area contributed by atoms with Gasteiger partial charge in [-0.25, -0.2) is 0 Å². The fourth-order valence-corrected chi connectivity index (χ4v) is 1.88. The van der Waals surface area contributed by atoms with E-state index in [-0.39, 0.29) is 5.91 Å². The van der Waals surface area contributed by atoms with Crippen LogP contribution < -0.4 is 16.4 Å². The molecule has 0 fully saturated rings. The summed E-state index contributed by atoms with van der Waals surface area (Å²) in [6, 6.07) is 12.6. The molecule has 4 heteroatoms. The van der Waals surface area contributed by atoms with Crippen LogP contribution in [0.5, 0.6) is 0 Å². The average molecular weight is 255 g/mol. The molecule has 4 nitrogen and oxygen atoms in total. The number of benzene rings is 2. The molecule has 0 aliphatic heterocycles. The lowest BCUT2D eigenvalue weighted by atomic mass is 10.1. The fraction of sp³-hybridized carbons (Fsp3) is 0.133. The maximum atomic E-state index is 12.3. The highest BCUT2D eigenvalue weighted by atomic mass is 16.2. The highest BCUT2D eigenvalue weighted by molar-refractivity contribution is 6.06. The summed E-state index contributed by atoms with van der Waals surface area (Å²) in [5, 5.41) is 0. The van der Waals surface area contributed by atoms with Gasteiger partial charge in [-0.05, 0) is 37.3 Å². The lowest BCUT2D eigenvalue weighted by molar-refractivity contribution is 0.0993. The van der Waals surface area contributed by atoms with E-state index in [2.05, 4.69) is 0 Å². The van der Waals surface area contributed by atoms with E-state index in [4.69, 9.17) is 11.5 Å². The minimum atomic E-state index is -0.136. The number of nitrogens with two attached hydrogens (primary N) is 2. The van der Waals surface area contributed by atoms with Crippen LogP contribution in [0, 0.1) is 6.92 Å². The maximum absolute atomic E-state index is 12.3. The number of rotatable bonds is 2. The van der Waals surface area contributed by atoms with Crippen molar-refractivity contribution in [3.05, 3.63) is 53.6 Å². The molecule has 19 heavy (non-hydrogen) atoms. The van der Waals surface area contributed by atoms with Crippen molar-refractivity contribution in [1.82, 2.24) is 0 Å². The van der Waals surface area contributed by atoms with Gasteiger partial charge in [-0.1, -0.05) is 17.7 Å². The van der Waals surface area contributed by atoms with Gasteiger partial charge in [-0.2, -0.15) is 0 Å². The zero-order valence-corrected chi connectivity index (χ0v) is 11.1. The number of hydrogen-bond donors (Lipinski definition) is 2. The zero-order chi connectivity index (χ0) is 14.0. The van der Waals surface area contributed by atoms with Gasteiger partial charge in [0.15, 0.2) is 0 Å². The molecule has 98 valence electrons. The number of carbonyl (C=O) groups is 1. The Morgan fingerprint density at radius 2 is 1.53 bits per heavy atom. The Morgan fingerprint density at radius 3 is 2.05 bits per heavy atom. The molecule has 0 heterocycles. The summed E-state index contributed by atoms with van der Waals surface area (Å²) in [5.74, 6) is -0.136. The molecule has 0 saturated heterocycles. The molecule has 1 amide bonds. The standard InChI is InChI=1S/C15H17N3O/c1-10-3-5-14(6-4-10)18(2)15(19)11-7-12(16)9-13(17)8-11/h3-9H,16-17H2,1-2H3. The molecule has 0 aromatic heterocycles. The first-order valence-corrected chi connectivity index (χ1v) is 5.98. The minimum Gasteiger partial charge on any atom is -0.399 e. The second-order valence-corrected chi connectivity index (χ2v) is 4.59. The number of carbonyl (C=O) groups excluding carboxylic acids is 1. The molecular weight excluding hydrogens is 238 g/mol. The predicted octanol–water partition coefficient (Wildman–Crippen LogP) is 2.44. The predicted molar refractivity (Wildman–Crippen MR) is 79.2 cm³/mol. The third kappa shape index (κ3) is 2.85. The number of nitrogens with zero attached hydrogens (tertiary/aromatic N) is 1. The number of nitrogen functional groups attached to an aromatic ring is 2. The lowest BCUT2D eigenvalue weighted by Crippen LogP contribution is -2.26. The molecule has 2 aromatic rings. The Morgan fingerprint density at radius 1 is 1.00 bits per heavy atom. The summed E-state index contributed by atoms with van der Waals surface area (Å²) >= 11 is 0. The molecule has 0 aliphatic carbocycles. The van der Waals surface area contributed by atoms with E-state index in [0.29, 0.717) is 16.9 Å². The third-order valence-electron chi connectivity index (χ3n) is 2.95. The van der Waals surface area contributed by atoms with E-state index in [9.17, 15) is 4.79 Å². The van der Waals surface area contributed by atoms with E-state index < -0.39 is 0 Å². The number of hydrogen-bond acceptors (Lipinski definition) is 3. The van der Waals surface area contributed by atoms with Gasteiger partial charge in [-0.3, -0.25) is 4.79 Å². The van der Waals surface area contributed by atoms with Gasteiger partial charge in [0.1, 0.15) is 0 Å². The van der Waals surface area contributed by atoms with Crippen LogP contribution in [0.1, 0.15) is 15.9 Å². The van der Waals surface area contributed by atoms with E-state index in [1.54, 1.807) is 30.1 Å². The van der Waals surface area contributed by atoms with Gasteiger partial charge in [0, 0.05) is 29.7 Å². The molecule has 0 atom stereocenters. The van der Waals surface area contributed by atoms with Crippen molar-refractivity contribution in [3.63, 3.8) is 0 Å². The molecular formula is C15H17N3O. The van der Waals surface area contributed by atoms with Crippen LogP contribution in [-0.4, -0.2) is 13.0 Å². The Balaban J connectivity index is 2.30. The van der Waals surface area contributed by atoms with Crippen molar-refractivity contribution in [2.75, 3.05) is 23.4 Å². The molecule has 2 aromatic carbocycles. The van der Waals surface area contributed by atoms with E-state index in [0.717, 1.165) is 11.3 Å². The first-order valence-electron chi connectivity index (χ1n) is 5.98. The SMILES string of the molecule is Cc1ccc(N(C)C(=O)c2cc(N)cc(N)c2)cc1. The van der Waals surface area contributed by atoms with Gasteiger partial charge in [-0.15, -0.1) is 0 Å². The van der Waals surface area contributed by atoms with Gasteiger partial charge in [0.25, 0.3) is 5.91 Å². The molecule has 2 rings (SSSR count). The normalized spacial score (nSPS) is 10.2. The molecule has 0 saturated carbocycles. The van der Waals surface area contributed by atoms with Crippen molar-refractivity contribution in [2.45, 2.75) is 6.92 Å². The van der Waals surface area contributed by atoms with Crippen LogP contribution in [0.3, 0.4) is 0 Å². The Hall–Kier alpha value is -2.49. The van der Waals surface area contributed by atoms with E-state index in [1.165, 1.54) is 0 Å². The van der Waals surface area contributed by atoms with Crippen LogP contribution in [0.25, 0.3) is 0 Å². The summed E-state index contributed by atoms with van der Waals surface area (Å²) < 4.78 is 0. The monoisotopic (exact) mass is 255 g/mol. The maximum Gasteiger partial charge on any atom is 0.258 e. The number of amides is 1. The fourth-order valence-electron chi connectivity index (χ4n) is 1.88. The summed E-state index contributed by atoms with van der Waals surface area (Å²) in [7, 11) is 1.73. The minimum absolute atomic E-state index is 0.136. The molecule has 0 unspecified atom stereocenters. The van der Waals surface area contributed by atoms with Gasteiger partial charge >= 0.3 is 0 Å². The second-order valence-electron chi connectivity index (χ2n) is 4.59. The Bertz CT molecular complexity index is 585. The zero-order valence-electron chi connectivity index (χ0n) is 11.1. The lowest BCUT2D eigenvalue weighted by Gasteiger charge is -2.18. The van der Waals surface area contributed by atoms with Crippen LogP contribution >= 0.6 is 0 Å². The van der Waals surface area contributed by atoms with Crippen LogP contribution in [-0.2, 0) is 0 Å². The molecule has 0 radical (unpaired) electrons. The second kappa shape index (κ2) is 5.02.